The summed E-state index contributed by atoms with van der Waals surface area (Å²) in [6, 6.07) is 25.8. The molecular weight excluding hydrogens is 434 g/mol. The molecule has 0 saturated heterocycles. The van der Waals surface area contributed by atoms with Crippen molar-refractivity contribution >= 4 is 23.6 Å². The molecular formula is C28H34ClNO3. The van der Waals surface area contributed by atoms with Gasteiger partial charge in [0.1, 0.15) is 11.5 Å². The summed E-state index contributed by atoms with van der Waals surface area (Å²) in [6.07, 6.45) is 2.41. The van der Waals surface area contributed by atoms with E-state index >= 15 is 0 Å². The number of halogens is 1. The molecule has 5 heteroatoms. The van der Waals surface area contributed by atoms with Crippen LogP contribution in [0.1, 0.15) is 36.0 Å². The van der Waals surface area contributed by atoms with E-state index in [2.05, 4.69) is 43.3 Å². The molecule has 0 aliphatic carbocycles. The number of benzene rings is 3. The van der Waals surface area contributed by atoms with Crippen LogP contribution in [-0.4, -0.2) is 49.0 Å². The number of phenols is 1. The van der Waals surface area contributed by atoms with E-state index in [9.17, 15) is 10.2 Å². The Morgan fingerprint density at radius 3 is 1.97 bits per heavy atom. The van der Waals surface area contributed by atoms with Crippen molar-refractivity contribution in [2.24, 2.45) is 0 Å². The number of ether oxygens (including phenoxy) is 1. The fraction of sp³-hybridized carbons (Fsp3) is 0.286. The number of allylic oxidation sites excluding steroid dienone is 1. The van der Waals surface area contributed by atoms with E-state index in [-0.39, 0.29) is 24.8 Å². The fourth-order valence-corrected chi connectivity index (χ4v) is 3.74. The average Bonchev–Trinajstić information content (AvgIpc) is 2.81. The lowest BCUT2D eigenvalue weighted by atomic mass is 9.87. The molecule has 0 spiro atoms. The molecule has 4 nitrogen and oxygen atoms in total. The van der Waals surface area contributed by atoms with Gasteiger partial charge in [0, 0.05) is 13.2 Å². The molecule has 3 aromatic rings. The van der Waals surface area contributed by atoms with Gasteiger partial charge in [0.05, 0.1) is 6.61 Å². The highest BCUT2D eigenvalue weighted by atomic mass is 35.5. The summed E-state index contributed by atoms with van der Waals surface area (Å²) in [5, 5.41) is 19.3. The van der Waals surface area contributed by atoms with Crippen molar-refractivity contribution in [1.82, 2.24) is 4.90 Å². The van der Waals surface area contributed by atoms with Gasteiger partial charge in [-0.05, 0) is 85.5 Å². The van der Waals surface area contributed by atoms with Crippen LogP contribution in [0.15, 0.2) is 78.9 Å². The van der Waals surface area contributed by atoms with E-state index < -0.39 is 0 Å². The molecule has 3 aromatic carbocycles. The van der Waals surface area contributed by atoms with Crippen LogP contribution in [0.2, 0.25) is 0 Å². The number of hydrogen-bond acceptors (Lipinski definition) is 4. The summed E-state index contributed by atoms with van der Waals surface area (Å²) >= 11 is 0. The Kier molecular flexibility index (Phi) is 11.0. The van der Waals surface area contributed by atoms with Crippen LogP contribution in [0.25, 0.3) is 11.1 Å². The average molecular weight is 468 g/mol. The summed E-state index contributed by atoms with van der Waals surface area (Å²) in [4.78, 5) is 2.15. The van der Waals surface area contributed by atoms with Gasteiger partial charge in [-0.2, -0.15) is 0 Å². The van der Waals surface area contributed by atoms with E-state index in [0.29, 0.717) is 13.0 Å². The summed E-state index contributed by atoms with van der Waals surface area (Å²) in [5.74, 6) is 1.10. The fourth-order valence-electron chi connectivity index (χ4n) is 3.74. The quantitative estimate of drug-likeness (QED) is 0.273. The van der Waals surface area contributed by atoms with Crippen molar-refractivity contribution in [3.8, 4) is 11.5 Å². The highest BCUT2D eigenvalue weighted by Gasteiger charge is 2.14. The van der Waals surface area contributed by atoms with Gasteiger partial charge in [0.2, 0.25) is 0 Å². The number of aromatic hydroxyl groups is 1. The molecule has 0 unspecified atom stereocenters. The van der Waals surface area contributed by atoms with Crippen molar-refractivity contribution < 1.29 is 14.9 Å². The first-order valence-corrected chi connectivity index (χ1v) is 11.2. The maximum absolute atomic E-state index is 9.81. The highest BCUT2D eigenvalue weighted by Crippen LogP contribution is 2.36. The molecule has 0 aliphatic heterocycles. The third-order valence-corrected chi connectivity index (χ3v) is 5.33. The molecule has 0 radical (unpaired) electrons. The molecule has 0 fully saturated rings. The minimum atomic E-state index is 0. The van der Waals surface area contributed by atoms with Crippen LogP contribution in [0, 0.1) is 0 Å². The number of phenolic OH excluding ortho intramolecular Hbond substituents is 1. The van der Waals surface area contributed by atoms with Crippen molar-refractivity contribution in [3.63, 3.8) is 0 Å². The van der Waals surface area contributed by atoms with Gasteiger partial charge >= 0.3 is 0 Å². The Morgan fingerprint density at radius 1 is 0.788 bits per heavy atom. The topological polar surface area (TPSA) is 52.9 Å². The number of aliphatic hydroxyl groups is 1. The number of nitrogens with zero attached hydrogens (tertiary/aromatic N) is 1. The lowest BCUT2D eigenvalue weighted by molar-refractivity contribution is 0.281. The van der Waals surface area contributed by atoms with Gasteiger partial charge in [-0.15, -0.1) is 12.4 Å². The zero-order chi connectivity index (χ0) is 22.8. The molecule has 3 rings (SSSR count). The molecule has 176 valence electrons. The summed E-state index contributed by atoms with van der Waals surface area (Å²) in [6.45, 7) is 1.82. The Morgan fingerprint density at radius 2 is 1.39 bits per heavy atom. The van der Waals surface area contributed by atoms with Gasteiger partial charge in [-0.25, -0.2) is 0 Å². The van der Waals surface area contributed by atoms with Crippen molar-refractivity contribution in [2.75, 3.05) is 33.9 Å². The normalized spacial score (nSPS) is 11.6. The third kappa shape index (κ3) is 7.93. The van der Waals surface area contributed by atoms with Crippen LogP contribution in [-0.2, 0) is 0 Å². The Balaban J connectivity index is 0.00000385. The van der Waals surface area contributed by atoms with E-state index in [1.165, 1.54) is 5.57 Å². The molecule has 0 bridgehead atoms. The molecule has 33 heavy (non-hydrogen) atoms. The van der Waals surface area contributed by atoms with Crippen LogP contribution in [0.4, 0.5) is 0 Å². The molecule has 2 N–H and O–H groups in total. The second-order valence-corrected chi connectivity index (χ2v) is 8.12. The van der Waals surface area contributed by atoms with Crippen LogP contribution < -0.4 is 4.74 Å². The highest BCUT2D eigenvalue weighted by molar-refractivity contribution is 5.98. The predicted octanol–water partition coefficient (Wildman–Crippen LogP) is 5.88. The van der Waals surface area contributed by atoms with Gasteiger partial charge in [0.15, 0.2) is 0 Å². The van der Waals surface area contributed by atoms with Gasteiger partial charge in [-0.1, -0.05) is 54.6 Å². The molecule has 0 aliphatic rings. The summed E-state index contributed by atoms with van der Waals surface area (Å²) in [7, 11) is 4.13. The maximum Gasteiger partial charge on any atom is 0.119 e. The second kappa shape index (κ2) is 13.7. The molecule has 0 saturated carbocycles. The molecule has 0 amide bonds. The maximum atomic E-state index is 9.81. The van der Waals surface area contributed by atoms with Gasteiger partial charge in [-0.3, -0.25) is 0 Å². The van der Waals surface area contributed by atoms with Crippen LogP contribution in [0.3, 0.4) is 0 Å². The zero-order valence-electron chi connectivity index (χ0n) is 19.4. The molecule has 0 aromatic heterocycles. The first kappa shape index (κ1) is 26.5. The first-order valence-electron chi connectivity index (χ1n) is 11.2. The minimum absolute atomic E-state index is 0. The van der Waals surface area contributed by atoms with Crippen LogP contribution in [0.5, 0.6) is 11.5 Å². The van der Waals surface area contributed by atoms with Crippen molar-refractivity contribution in [1.29, 1.82) is 0 Å². The lowest BCUT2D eigenvalue weighted by Gasteiger charge is -2.18. The number of rotatable bonds is 11. The van der Waals surface area contributed by atoms with Crippen LogP contribution >= 0.6 is 12.4 Å². The van der Waals surface area contributed by atoms with Crippen molar-refractivity contribution in [3.05, 3.63) is 95.6 Å². The molecule has 0 atom stereocenters. The number of aliphatic hydroxyl groups excluding tert-OH is 1. The second-order valence-electron chi connectivity index (χ2n) is 8.12. The van der Waals surface area contributed by atoms with E-state index in [1.54, 1.807) is 12.1 Å². The number of hydrogen-bond donors (Lipinski definition) is 2. The Labute approximate surface area is 203 Å². The van der Waals surface area contributed by atoms with Gasteiger partial charge in [0.25, 0.3) is 0 Å². The minimum Gasteiger partial charge on any atom is -0.508 e. The standard InChI is InChI=1S/C28H33NO3.ClH/c1-29(2)19-7-21-32-26-17-13-24(14-18-26)28(23-11-15-25(31)16-12-23)27(10-6-20-30)22-8-4-3-5-9-22;/h3-5,8-9,11-18,30-31H,6-7,10,19-21H2,1-2H3;1H/b28-27-;. The Bertz CT molecular complexity index is 984. The largest absolute Gasteiger partial charge is 0.508 e. The van der Waals surface area contributed by atoms with E-state index in [1.807, 2.05) is 42.5 Å². The van der Waals surface area contributed by atoms with E-state index in [0.717, 1.165) is 47.4 Å². The van der Waals surface area contributed by atoms with E-state index in [4.69, 9.17) is 4.74 Å². The smallest absolute Gasteiger partial charge is 0.119 e. The summed E-state index contributed by atoms with van der Waals surface area (Å²) in [5.41, 5.74) is 5.51. The van der Waals surface area contributed by atoms with Crippen molar-refractivity contribution in [2.45, 2.75) is 19.3 Å². The third-order valence-electron chi connectivity index (χ3n) is 5.33. The predicted molar refractivity (Wildman–Crippen MR) is 139 cm³/mol. The molecule has 0 heterocycles. The SMILES string of the molecule is CN(C)CCCOc1ccc(/C(=C(/CCCO)c2ccccc2)c2ccc(O)cc2)cc1.Cl. The zero-order valence-corrected chi connectivity index (χ0v) is 20.2. The summed E-state index contributed by atoms with van der Waals surface area (Å²) < 4.78 is 5.91. The Hall–Kier alpha value is -2.79. The lowest BCUT2D eigenvalue weighted by Crippen LogP contribution is -2.15. The van der Waals surface area contributed by atoms with Gasteiger partial charge < -0.3 is 19.8 Å². The first-order chi connectivity index (χ1) is 15.6. The monoisotopic (exact) mass is 467 g/mol.